The molecule has 0 fully saturated rings. The van der Waals surface area contributed by atoms with Crippen LogP contribution in [0.4, 0.5) is 13.2 Å². The van der Waals surface area contributed by atoms with Crippen molar-refractivity contribution < 1.29 is 27.4 Å². The molecule has 0 amide bonds. The summed E-state index contributed by atoms with van der Waals surface area (Å²) in [6.07, 6.45) is -2.66. The highest BCUT2D eigenvalue weighted by Gasteiger charge is 2.28. The number of nitrogens with zero attached hydrogens (tertiary/aromatic N) is 4. The Kier molecular flexibility index (Phi) is 11.2. The van der Waals surface area contributed by atoms with Crippen molar-refractivity contribution in [2.75, 3.05) is 13.7 Å². The lowest BCUT2D eigenvalue weighted by Crippen LogP contribution is -2.20. The van der Waals surface area contributed by atoms with Gasteiger partial charge in [0, 0.05) is 18.2 Å². The Morgan fingerprint density at radius 2 is 1.66 bits per heavy atom. The van der Waals surface area contributed by atoms with E-state index < -0.39 is 23.9 Å². The number of ether oxygens (including phenoxy) is 3. The standard InChI is InChI=1S/C16H11F3N4O3S.C15H17N3O2/c17-16(18,19)8-26-10-3-1-9(2-4-10)23-14(25)7-12(20-15(23)27)11-5-6-13(24)22-21-11;1-3-13(16)14-8-9-15(18-17-14)20-10-11-4-6-12(19-2)7-5-11/h1-7H,8H2,(H,20,27)(H,22,24);3-9H,10,16H2,1-2H3/b;13-3-. The summed E-state index contributed by atoms with van der Waals surface area (Å²) in [6, 6.07) is 20.6. The van der Waals surface area contributed by atoms with E-state index in [0.29, 0.717) is 41.0 Å². The number of H-pyrrole nitrogens is 2. The highest BCUT2D eigenvalue weighted by Crippen LogP contribution is 2.20. The van der Waals surface area contributed by atoms with Crippen LogP contribution in [0.25, 0.3) is 22.8 Å². The van der Waals surface area contributed by atoms with Gasteiger partial charge in [-0.1, -0.05) is 18.2 Å². The zero-order valence-corrected chi connectivity index (χ0v) is 25.8. The monoisotopic (exact) mass is 667 g/mol. The molecule has 5 aromatic rings. The van der Waals surface area contributed by atoms with Crippen molar-refractivity contribution in [1.82, 2.24) is 29.9 Å². The van der Waals surface area contributed by atoms with Gasteiger partial charge in [0.2, 0.25) is 5.88 Å². The van der Waals surface area contributed by atoms with E-state index >= 15 is 0 Å². The van der Waals surface area contributed by atoms with E-state index in [1.807, 2.05) is 31.2 Å². The zero-order valence-electron chi connectivity index (χ0n) is 24.9. The van der Waals surface area contributed by atoms with Crippen molar-refractivity contribution in [3.05, 3.63) is 122 Å². The van der Waals surface area contributed by atoms with Crippen LogP contribution in [-0.2, 0) is 6.61 Å². The first-order valence-corrected chi connectivity index (χ1v) is 14.1. The number of nitrogens with one attached hydrogen (secondary N) is 2. The highest BCUT2D eigenvalue weighted by atomic mass is 32.1. The van der Waals surface area contributed by atoms with Crippen LogP contribution in [0, 0.1) is 4.77 Å². The predicted octanol–water partition coefficient (Wildman–Crippen LogP) is 4.97. The Balaban J connectivity index is 0.000000223. The zero-order chi connectivity index (χ0) is 34.0. The molecule has 3 heterocycles. The average Bonchev–Trinajstić information content (AvgIpc) is 3.07. The number of hydrogen-bond acceptors (Lipinski definition) is 10. The number of alkyl halides is 3. The van der Waals surface area contributed by atoms with Crippen LogP contribution < -0.4 is 31.1 Å². The molecule has 0 spiro atoms. The summed E-state index contributed by atoms with van der Waals surface area (Å²) in [6.45, 7) is 0.870. The van der Waals surface area contributed by atoms with Gasteiger partial charge in [-0.15, -0.1) is 10.2 Å². The van der Waals surface area contributed by atoms with Gasteiger partial charge in [-0.25, -0.2) is 5.10 Å². The molecule has 16 heteroatoms. The van der Waals surface area contributed by atoms with Gasteiger partial charge in [0.05, 0.1) is 24.2 Å². The molecule has 47 heavy (non-hydrogen) atoms. The minimum Gasteiger partial charge on any atom is -0.497 e. The summed E-state index contributed by atoms with van der Waals surface area (Å²) in [5.41, 5.74) is 8.12. The van der Waals surface area contributed by atoms with Crippen molar-refractivity contribution in [2.45, 2.75) is 19.7 Å². The molecule has 0 aliphatic carbocycles. The van der Waals surface area contributed by atoms with Crippen LogP contribution >= 0.6 is 12.2 Å². The number of hydrogen-bond donors (Lipinski definition) is 3. The van der Waals surface area contributed by atoms with Gasteiger partial charge < -0.3 is 24.9 Å². The number of aromatic amines is 2. The number of methoxy groups -OCH3 is 1. The number of halogens is 3. The number of rotatable bonds is 9. The lowest BCUT2D eigenvalue weighted by molar-refractivity contribution is -0.153. The van der Waals surface area contributed by atoms with Gasteiger partial charge in [-0.05, 0) is 73.2 Å². The third-order valence-electron chi connectivity index (χ3n) is 6.18. The summed E-state index contributed by atoms with van der Waals surface area (Å²) in [5, 5.41) is 14.0. The molecular formula is C31H28F3N7O5S. The maximum Gasteiger partial charge on any atom is 0.422 e. The van der Waals surface area contributed by atoms with Gasteiger partial charge >= 0.3 is 6.18 Å². The summed E-state index contributed by atoms with van der Waals surface area (Å²) >= 11 is 5.20. The van der Waals surface area contributed by atoms with E-state index in [2.05, 4.69) is 30.1 Å². The van der Waals surface area contributed by atoms with Crippen molar-refractivity contribution in [2.24, 2.45) is 5.73 Å². The minimum absolute atomic E-state index is 0.00748. The normalized spacial score (nSPS) is 11.3. The Morgan fingerprint density at radius 3 is 2.21 bits per heavy atom. The fourth-order valence-electron chi connectivity index (χ4n) is 3.81. The maximum absolute atomic E-state index is 12.4. The molecule has 0 aliphatic heterocycles. The SMILES string of the molecule is C/C=C(\N)c1ccc(OCc2ccc(OC)cc2)nn1.O=c1ccc(-c2cc(=O)n(-c3ccc(OCC(F)(F)F)cc3)c(=S)[nH]2)n[nH]1. The van der Waals surface area contributed by atoms with E-state index in [1.54, 1.807) is 25.3 Å². The van der Waals surface area contributed by atoms with E-state index in [4.69, 9.17) is 27.4 Å². The first kappa shape index (κ1) is 34.1. The second-order valence-electron chi connectivity index (χ2n) is 9.50. The topological polar surface area (TPSA) is 163 Å². The molecule has 12 nitrogen and oxygen atoms in total. The van der Waals surface area contributed by atoms with Gasteiger partial charge in [-0.2, -0.15) is 18.3 Å². The van der Waals surface area contributed by atoms with Crippen molar-refractivity contribution in [3.63, 3.8) is 0 Å². The van der Waals surface area contributed by atoms with Gasteiger partial charge in [0.25, 0.3) is 11.1 Å². The van der Waals surface area contributed by atoms with Crippen LogP contribution in [0.5, 0.6) is 17.4 Å². The Morgan fingerprint density at radius 1 is 0.957 bits per heavy atom. The van der Waals surface area contributed by atoms with Gasteiger partial charge in [0.15, 0.2) is 11.4 Å². The quantitative estimate of drug-likeness (QED) is 0.183. The third-order valence-corrected chi connectivity index (χ3v) is 6.46. The fraction of sp³-hybridized carbons (Fsp3) is 0.161. The summed E-state index contributed by atoms with van der Waals surface area (Å²) in [5.74, 6) is 1.29. The average molecular weight is 668 g/mol. The van der Waals surface area contributed by atoms with Crippen LogP contribution in [0.15, 0.2) is 94.5 Å². The first-order valence-electron chi connectivity index (χ1n) is 13.7. The fourth-order valence-corrected chi connectivity index (χ4v) is 4.11. The maximum atomic E-state index is 12.4. The third kappa shape index (κ3) is 9.86. The Bertz CT molecular complexity index is 1940. The van der Waals surface area contributed by atoms with E-state index in [-0.39, 0.29) is 10.5 Å². The van der Waals surface area contributed by atoms with Gasteiger partial charge in [-0.3, -0.25) is 14.2 Å². The molecule has 4 N–H and O–H groups in total. The van der Waals surface area contributed by atoms with E-state index in [9.17, 15) is 22.8 Å². The van der Waals surface area contributed by atoms with E-state index in [0.717, 1.165) is 15.9 Å². The number of aromatic nitrogens is 6. The largest absolute Gasteiger partial charge is 0.497 e. The number of benzene rings is 2. The lowest BCUT2D eigenvalue weighted by Gasteiger charge is -2.11. The molecule has 0 unspecified atom stereocenters. The Hall–Kier alpha value is -5.77. The second-order valence-corrected chi connectivity index (χ2v) is 9.89. The van der Waals surface area contributed by atoms with Crippen LogP contribution in [0.3, 0.4) is 0 Å². The van der Waals surface area contributed by atoms with Crippen molar-refractivity contribution in [3.8, 4) is 34.5 Å². The minimum atomic E-state index is -4.44. The Labute approximate surface area is 270 Å². The molecule has 3 aromatic heterocycles. The number of nitrogens with two attached hydrogens (primary N) is 1. The lowest BCUT2D eigenvalue weighted by atomic mass is 10.2. The molecule has 244 valence electrons. The van der Waals surface area contributed by atoms with Crippen LogP contribution in [0.1, 0.15) is 18.2 Å². The van der Waals surface area contributed by atoms with Crippen LogP contribution in [0.2, 0.25) is 0 Å². The molecule has 2 aromatic carbocycles. The van der Waals surface area contributed by atoms with E-state index in [1.165, 1.54) is 42.5 Å². The molecule has 5 rings (SSSR count). The molecule has 0 atom stereocenters. The molecular weight excluding hydrogens is 639 g/mol. The first-order chi connectivity index (χ1) is 22.5. The molecule has 0 radical (unpaired) electrons. The summed E-state index contributed by atoms with van der Waals surface area (Å²) < 4.78 is 53.0. The van der Waals surface area contributed by atoms with Crippen LogP contribution in [-0.4, -0.2) is 49.8 Å². The molecule has 0 saturated carbocycles. The highest BCUT2D eigenvalue weighted by molar-refractivity contribution is 7.71. The van der Waals surface area contributed by atoms with Gasteiger partial charge in [0.1, 0.15) is 29.5 Å². The summed E-state index contributed by atoms with van der Waals surface area (Å²) in [7, 11) is 1.64. The second kappa shape index (κ2) is 15.5. The smallest absolute Gasteiger partial charge is 0.422 e. The van der Waals surface area contributed by atoms with Crippen molar-refractivity contribution in [1.29, 1.82) is 0 Å². The number of allylic oxidation sites excluding steroid dienone is 1. The molecule has 0 saturated heterocycles. The predicted molar refractivity (Wildman–Crippen MR) is 170 cm³/mol. The summed E-state index contributed by atoms with van der Waals surface area (Å²) in [4.78, 5) is 26.3. The molecule has 0 bridgehead atoms. The molecule has 0 aliphatic rings. The van der Waals surface area contributed by atoms with Crippen molar-refractivity contribution >= 4 is 17.9 Å².